The second-order valence-electron chi connectivity index (χ2n) is 6.83. The van der Waals surface area contributed by atoms with Crippen LogP contribution in [0.1, 0.15) is 51.8 Å². The zero-order valence-electron chi connectivity index (χ0n) is 15.1. The van der Waals surface area contributed by atoms with Gasteiger partial charge in [-0.2, -0.15) is 5.10 Å². The average molecular weight is 346 g/mol. The Labute approximate surface area is 153 Å². The summed E-state index contributed by atoms with van der Waals surface area (Å²) in [4.78, 5) is 16.9. The largest absolute Gasteiger partial charge is 0.344 e. The minimum atomic E-state index is -0.121. The van der Waals surface area contributed by atoms with Gasteiger partial charge in [-0.1, -0.05) is 24.3 Å². The van der Waals surface area contributed by atoms with Crippen LogP contribution in [0.4, 0.5) is 0 Å². The van der Waals surface area contributed by atoms with Crippen LogP contribution in [-0.2, 0) is 6.42 Å². The number of pyridine rings is 1. The molecule has 1 amide bonds. The van der Waals surface area contributed by atoms with Crippen LogP contribution in [0, 0.1) is 13.8 Å². The van der Waals surface area contributed by atoms with Crippen LogP contribution in [0.5, 0.6) is 0 Å². The van der Waals surface area contributed by atoms with E-state index in [2.05, 4.69) is 34.5 Å². The number of aryl methyl sites for hydroxylation is 2. The number of hydrogen-bond donors (Lipinski definition) is 1. The Morgan fingerprint density at radius 3 is 2.77 bits per heavy atom. The quantitative estimate of drug-likeness (QED) is 0.787. The molecule has 26 heavy (non-hydrogen) atoms. The summed E-state index contributed by atoms with van der Waals surface area (Å²) in [6, 6.07) is 12.0. The Kier molecular flexibility index (Phi) is 4.29. The molecule has 1 aromatic carbocycles. The standard InChI is InChI=1S/C21H22N4O/c1-14-7-3-4-10-18(14)25-19-11-5-9-17(16(19)13-23-25)24-21(26)20-15(2)8-6-12-22-20/h3-4,6-8,10,12-13,17H,5,9,11H2,1-2H3,(H,24,26)/t17-/m1/s1. The van der Waals surface area contributed by atoms with Crippen LogP contribution in [0.25, 0.3) is 5.69 Å². The number of amides is 1. The Morgan fingerprint density at radius 1 is 1.15 bits per heavy atom. The lowest BCUT2D eigenvalue weighted by molar-refractivity contribution is 0.0927. The molecule has 1 aliphatic rings. The lowest BCUT2D eigenvalue weighted by Gasteiger charge is -2.24. The first-order valence-electron chi connectivity index (χ1n) is 9.00. The molecular formula is C21H22N4O. The number of nitrogens with zero attached hydrogens (tertiary/aromatic N) is 3. The van der Waals surface area contributed by atoms with E-state index < -0.39 is 0 Å². The minimum absolute atomic E-state index is 0.0228. The van der Waals surface area contributed by atoms with Crippen molar-refractivity contribution in [3.05, 3.63) is 76.9 Å². The van der Waals surface area contributed by atoms with Crippen molar-refractivity contribution >= 4 is 5.91 Å². The minimum Gasteiger partial charge on any atom is -0.344 e. The Balaban J connectivity index is 1.64. The first-order chi connectivity index (χ1) is 12.6. The van der Waals surface area contributed by atoms with Crippen molar-refractivity contribution in [2.45, 2.75) is 39.2 Å². The van der Waals surface area contributed by atoms with E-state index in [0.29, 0.717) is 5.69 Å². The third kappa shape index (κ3) is 2.90. The number of benzene rings is 1. The van der Waals surface area contributed by atoms with E-state index in [1.54, 1.807) is 6.20 Å². The zero-order valence-corrected chi connectivity index (χ0v) is 15.1. The summed E-state index contributed by atoms with van der Waals surface area (Å²) in [5.74, 6) is -0.121. The first kappa shape index (κ1) is 16.5. The molecule has 2 aromatic heterocycles. The molecule has 0 aliphatic heterocycles. The molecule has 5 heteroatoms. The van der Waals surface area contributed by atoms with Gasteiger partial charge >= 0.3 is 0 Å². The first-order valence-corrected chi connectivity index (χ1v) is 9.00. The summed E-state index contributed by atoms with van der Waals surface area (Å²) >= 11 is 0. The molecule has 0 radical (unpaired) electrons. The Hall–Kier alpha value is -2.95. The number of nitrogens with one attached hydrogen (secondary N) is 1. The lowest BCUT2D eigenvalue weighted by Crippen LogP contribution is -2.32. The van der Waals surface area contributed by atoms with Gasteiger partial charge in [-0.15, -0.1) is 0 Å². The predicted octanol–water partition coefficient (Wildman–Crippen LogP) is 3.69. The number of hydrogen-bond acceptors (Lipinski definition) is 3. The van der Waals surface area contributed by atoms with E-state index in [4.69, 9.17) is 0 Å². The maximum Gasteiger partial charge on any atom is 0.270 e. The fourth-order valence-corrected chi connectivity index (χ4v) is 3.67. The predicted molar refractivity (Wildman–Crippen MR) is 100 cm³/mol. The van der Waals surface area contributed by atoms with Crippen molar-refractivity contribution in [3.8, 4) is 5.69 Å². The van der Waals surface area contributed by atoms with Gasteiger partial charge in [0.05, 0.1) is 17.9 Å². The second-order valence-corrected chi connectivity index (χ2v) is 6.83. The van der Waals surface area contributed by atoms with Gasteiger partial charge in [0.1, 0.15) is 5.69 Å². The van der Waals surface area contributed by atoms with Gasteiger partial charge in [-0.25, -0.2) is 4.68 Å². The van der Waals surface area contributed by atoms with Gasteiger partial charge in [-0.3, -0.25) is 9.78 Å². The SMILES string of the molecule is Cc1ccccc1-n1ncc2c1CCC[C@H]2NC(=O)c1ncccc1C. The molecule has 1 N–H and O–H groups in total. The monoisotopic (exact) mass is 346 g/mol. The number of para-hydroxylation sites is 1. The number of aromatic nitrogens is 3. The topological polar surface area (TPSA) is 59.8 Å². The molecule has 0 saturated heterocycles. The van der Waals surface area contributed by atoms with Gasteiger partial charge in [0.25, 0.3) is 5.91 Å². The number of fused-ring (bicyclic) bond motifs is 1. The van der Waals surface area contributed by atoms with Crippen LogP contribution in [-0.4, -0.2) is 20.7 Å². The summed E-state index contributed by atoms with van der Waals surface area (Å²) in [6.07, 6.45) is 6.47. The normalized spacial score (nSPS) is 16.2. The highest BCUT2D eigenvalue weighted by molar-refractivity contribution is 5.93. The van der Waals surface area contributed by atoms with Crippen LogP contribution in [0.3, 0.4) is 0 Å². The molecule has 0 fully saturated rings. The van der Waals surface area contributed by atoms with Crippen LogP contribution in [0.2, 0.25) is 0 Å². The fourth-order valence-electron chi connectivity index (χ4n) is 3.67. The molecule has 0 bridgehead atoms. The van der Waals surface area contributed by atoms with Crippen molar-refractivity contribution in [1.82, 2.24) is 20.1 Å². The third-order valence-electron chi connectivity index (χ3n) is 5.06. The van der Waals surface area contributed by atoms with Crippen LogP contribution in [0.15, 0.2) is 48.8 Å². The van der Waals surface area contributed by atoms with E-state index in [9.17, 15) is 4.79 Å². The zero-order chi connectivity index (χ0) is 18.1. The maximum absolute atomic E-state index is 12.7. The van der Waals surface area contributed by atoms with E-state index in [-0.39, 0.29) is 11.9 Å². The van der Waals surface area contributed by atoms with Crippen molar-refractivity contribution < 1.29 is 4.79 Å². The third-order valence-corrected chi connectivity index (χ3v) is 5.06. The van der Waals surface area contributed by atoms with Gasteiger partial charge < -0.3 is 5.32 Å². The molecule has 1 aliphatic carbocycles. The van der Waals surface area contributed by atoms with Crippen LogP contribution < -0.4 is 5.32 Å². The summed E-state index contributed by atoms with van der Waals surface area (Å²) in [5.41, 5.74) is 5.97. The van der Waals surface area contributed by atoms with Crippen molar-refractivity contribution in [3.63, 3.8) is 0 Å². The highest BCUT2D eigenvalue weighted by Crippen LogP contribution is 2.31. The number of carbonyl (C=O) groups excluding carboxylic acids is 1. The molecule has 1 atom stereocenters. The second kappa shape index (κ2) is 6.75. The molecule has 3 aromatic rings. The fraction of sp³-hybridized carbons (Fsp3) is 0.286. The Morgan fingerprint density at radius 2 is 1.96 bits per heavy atom. The Bertz CT molecular complexity index is 960. The van der Waals surface area contributed by atoms with Crippen LogP contribution >= 0.6 is 0 Å². The lowest BCUT2D eigenvalue weighted by atomic mass is 9.92. The molecular weight excluding hydrogens is 324 g/mol. The van der Waals surface area contributed by atoms with Gasteiger partial charge in [0.15, 0.2) is 0 Å². The van der Waals surface area contributed by atoms with Gasteiger partial charge in [0.2, 0.25) is 0 Å². The number of carbonyl (C=O) groups is 1. The summed E-state index contributed by atoms with van der Waals surface area (Å²) < 4.78 is 2.02. The van der Waals surface area contributed by atoms with E-state index in [1.165, 1.54) is 11.3 Å². The van der Waals surface area contributed by atoms with Gasteiger partial charge in [0, 0.05) is 17.5 Å². The summed E-state index contributed by atoms with van der Waals surface area (Å²) in [6.45, 7) is 4.00. The van der Waals surface area contributed by atoms with E-state index in [1.807, 2.05) is 42.1 Å². The van der Waals surface area contributed by atoms with Crippen molar-refractivity contribution in [1.29, 1.82) is 0 Å². The van der Waals surface area contributed by atoms with Crippen molar-refractivity contribution in [2.24, 2.45) is 0 Å². The van der Waals surface area contributed by atoms with E-state index >= 15 is 0 Å². The summed E-state index contributed by atoms with van der Waals surface area (Å²) in [5, 5.41) is 7.78. The molecule has 0 spiro atoms. The highest BCUT2D eigenvalue weighted by Gasteiger charge is 2.27. The van der Waals surface area contributed by atoms with Crippen molar-refractivity contribution in [2.75, 3.05) is 0 Å². The molecule has 4 rings (SSSR count). The summed E-state index contributed by atoms with van der Waals surface area (Å²) in [7, 11) is 0. The average Bonchev–Trinajstić information content (AvgIpc) is 3.07. The molecule has 0 saturated carbocycles. The molecule has 5 nitrogen and oxygen atoms in total. The molecule has 2 heterocycles. The number of rotatable bonds is 3. The van der Waals surface area contributed by atoms with Gasteiger partial charge in [-0.05, 0) is 56.4 Å². The maximum atomic E-state index is 12.7. The smallest absolute Gasteiger partial charge is 0.270 e. The highest BCUT2D eigenvalue weighted by atomic mass is 16.1. The molecule has 132 valence electrons. The van der Waals surface area contributed by atoms with E-state index in [0.717, 1.165) is 36.1 Å². The molecule has 0 unspecified atom stereocenters.